The van der Waals surface area contributed by atoms with E-state index in [0.717, 1.165) is 53.7 Å². The minimum absolute atomic E-state index is 0.0920. The van der Waals surface area contributed by atoms with E-state index in [1.54, 1.807) is 7.11 Å². The van der Waals surface area contributed by atoms with Crippen LogP contribution in [0.15, 0.2) is 29.2 Å². The molecule has 6 nitrogen and oxygen atoms in total. The van der Waals surface area contributed by atoms with Crippen LogP contribution in [0.2, 0.25) is 0 Å². The van der Waals surface area contributed by atoms with Crippen molar-refractivity contribution in [3.05, 3.63) is 45.7 Å². The standard InChI is InChI=1S/C22H26N2O4S/c1-13(2)17-8-14-9-19(23-4-6-29-7-5-23)21(28-3)10-15(14)18-11-20(25)16(22(26)27)12-24(17)18/h9-13,17H,4-8H2,1-3H3,(H,26,27). The van der Waals surface area contributed by atoms with Crippen molar-refractivity contribution < 1.29 is 14.6 Å². The number of aromatic nitrogens is 1. The number of rotatable bonds is 4. The molecular formula is C22H26N2O4S. The summed E-state index contributed by atoms with van der Waals surface area (Å²) in [6.45, 7) is 6.24. The molecule has 4 rings (SSSR count). The summed E-state index contributed by atoms with van der Waals surface area (Å²) in [7, 11) is 1.67. The lowest BCUT2D eigenvalue weighted by Gasteiger charge is -2.35. The predicted molar refractivity (Wildman–Crippen MR) is 117 cm³/mol. The quantitative estimate of drug-likeness (QED) is 0.825. The largest absolute Gasteiger partial charge is 0.495 e. The van der Waals surface area contributed by atoms with E-state index in [0.29, 0.717) is 5.92 Å². The van der Waals surface area contributed by atoms with Gasteiger partial charge in [-0.1, -0.05) is 13.8 Å². The highest BCUT2D eigenvalue weighted by Gasteiger charge is 2.30. The molecule has 154 valence electrons. The fraction of sp³-hybridized carbons (Fsp3) is 0.455. The molecule has 1 fully saturated rings. The zero-order valence-electron chi connectivity index (χ0n) is 17.0. The predicted octanol–water partition coefficient (Wildman–Crippen LogP) is 3.53. The van der Waals surface area contributed by atoms with Crippen LogP contribution in [0.25, 0.3) is 11.3 Å². The number of carboxylic acid groups (broad SMARTS) is 1. The van der Waals surface area contributed by atoms with Crippen LogP contribution in [0.5, 0.6) is 5.75 Å². The van der Waals surface area contributed by atoms with Gasteiger partial charge in [0.25, 0.3) is 0 Å². The summed E-state index contributed by atoms with van der Waals surface area (Å²) in [5.74, 6) is 2.10. The van der Waals surface area contributed by atoms with Gasteiger partial charge in [0.1, 0.15) is 11.3 Å². The monoisotopic (exact) mass is 414 g/mol. The molecule has 2 aliphatic heterocycles. The number of ether oxygens (including phenoxy) is 1. The lowest BCUT2D eigenvalue weighted by Crippen LogP contribution is -2.33. The van der Waals surface area contributed by atoms with Crippen LogP contribution in [0, 0.1) is 5.92 Å². The van der Waals surface area contributed by atoms with Gasteiger partial charge >= 0.3 is 5.97 Å². The fourth-order valence-electron chi connectivity index (χ4n) is 4.31. The normalized spacial score (nSPS) is 18.3. The Morgan fingerprint density at radius 3 is 2.59 bits per heavy atom. The van der Waals surface area contributed by atoms with E-state index in [1.807, 2.05) is 22.4 Å². The van der Waals surface area contributed by atoms with Crippen molar-refractivity contribution in [1.29, 1.82) is 0 Å². The summed E-state index contributed by atoms with van der Waals surface area (Å²) in [5.41, 5.74) is 3.35. The second kappa shape index (κ2) is 7.78. The smallest absolute Gasteiger partial charge is 0.341 e. The molecular weight excluding hydrogens is 388 g/mol. The van der Waals surface area contributed by atoms with E-state index in [-0.39, 0.29) is 11.6 Å². The van der Waals surface area contributed by atoms with Crippen molar-refractivity contribution in [1.82, 2.24) is 4.57 Å². The van der Waals surface area contributed by atoms with Crippen molar-refractivity contribution in [2.24, 2.45) is 5.92 Å². The zero-order chi connectivity index (χ0) is 20.7. The minimum Gasteiger partial charge on any atom is -0.495 e. The van der Waals surface area contributed by atoms with E-state index in [4.69, 9.17) is 4.74 Å². The lowest BCUT2D eigenvalue weighted by molar-refractivity contribution is 0.0694. The first-order valence-corrected chi connectivity index (χ1v) is 11.1. The van der Waals surface area contributed by atoms with Crippen molar-refractivity contribution in [3.8, 4) is 17.0 Å². The number of hydrogen-bond donors (Lipinski definition) is 1. The second-order valence-corrected chi connectivity index (χ2v) is 9.17. The number of methoxy groups -OCH3 is 1. The van der Waals surface area contributed by atoms with Crippen LogP contribution in [-0.2, 0) is 6.42 Å². The Kier molecular flexibility index (Phi) is 5.34. The van der Waals surface area contributed by atoms with Gasteiger partial charge in [-0.2, -0.15) is 11.8 Å². The molecule has 2 aromatic rings. The number of hydrogen-bond acceptors (Lipinski definition) is 5. The van der Waals surface area contributed by atoms with Gasteiger partial charge in [0.05, 0.1) is 18.5 Å². The molecule has 7 heteroatoms. The van der Waals surface area contributed by atoms with Crippen LogP contribution in [0.1, 0.15) is 35.8 Å². The van der Waals surface area contributed by atoms with Crippen molar-refractivity contribution in [3.63, 3.8) is 0 Å². The molecule has 2 aliphatic rings. The van der Waals surface area contributed by atoms with Gasteiger partial charge in [-0.25, -0.2) is 4.79 Å². The Balaban J connectivity index is 1.90. The summed E-state index contributed by atoms with van der Waals surface area (Å²) >= 11 is 1.97. The number of pyridine rings is 1. The highest BCUT2D eigenvalue weighted by atomic mass is 32.2. The first-order valence-electron chi connectivity index (χ1n) is 9.94. The van der Waals surface area contributed by atoms with E-state index < -0.39 is 11.4 Å². The van der Waals surface area contributed by atoms with E-state index in [1.165, 1.54) is 17.8 Å². The van der Waals surface area contributed by atoms with Crippen LogP contribution in [0.3, 0.4) is 0 Å². The number of carboxylic acids is 1. The van der Waals surface area contributed by atoms with Crippen LogP contribution in [-0.4, -0.2) is 47.3 Å². The molecule has 0 aliphatic carbocycles. The van der Waals surface area contributed by atoms with Crippen LogP contribution < -0.4 is 15.1 Å². The highest BCUT2D eigenvalue weighted by molar-refractivity contribution is 7.99. The summed E-state index contributed by atoms with van der Waals surface area (Å²) in [6, 6.07) is 5.77. The Morgan fingerprint density at radius 2 is 1.97 bits per heavy atom. The molecule has 0 radical (unpaired) electrons. The summed E-state index contributed by atoms with van der Waals surface area (Å²) in [6.07, 6.45) is 2.30. The fourth-order valence-corrected chi connectivity index (χ4v) is 5.22. The maximum absolute atomic E-state index is 12.5. The SMILES string of the molecule is COc1cc2c(cc1N1CCSCC1)CC(C(C)C)n1cc(C(=O)O)c(=O)cc1-2. The Hall–Kier alpha value is -2.41. The molecule has 0 amide bonds. The molecule has 0 spiro atoms. The van der Waals surface area contributed by atoms with Gasteiger partial charge in [-0.3, -0.25) is 4.79 Å². The lowest BCUT2D eigenvalue weighted by atomic mass is 9.86. The van der Waals surface area contributed by atoms with Gasteiger partial charge in [0, 0.05) is 48.5 Å². The first kappa shape index (κ1) is 19.9. The van der Waals surface area contributed by atoms with Gasteiger partial charge < -0.3 is 19.3 Å². The highest BCUT2D eigenvalue weighted by Crippen LogP contribution is 2.43. The average Bonchev–Trinajstić information content (AvgIpc) is 2.72. The van der Waals surface area contributed by atoms with Gasteiger partial charge in [-0.05, 0) is 30.0 Å². The number of anilines is 1. The van der Waals surface area contributed by atoms with E-state index in [2.05, 4.69) is 24.8 Å². The summed E-state index contributed by atoms with van der Waals surface area (Å²) < 4.78 is 7.68. The Bertz CT molecular complexity index is 1010. The van der Waals surface area contributed by atoms with Gasteiger partial charge in [-0.15, -0.1) is 0 Å². The molecule has 1 N–H and O–H groups in total. The number of thioether (sulfide) groups is 1. The average molecular weight is 415 g/mol. The van der Waals surface area contributed by atoms with Crippen LogP contribution >= 0.6 is 11.8 Å². The van der Waals surface area contributed by atoms with Crippen molar-refractivity contribution in [2.75, 3.05) is 36.6 Å². The third-order valence-electron chi connectivity index (χ3n) is 5.90. The Labute approximate surface area is 174 Å². The van der Waals surface area contributed by atoms with Crippen LogP contribution in [0.4, 0.5) is 5.69 Å². The van der Waals surface area contributed by atoms with Crippen molar-refractivity contribution in [2.45, 2.75) is 26.3 Å². The van der Waals surface area contributed by atoms with E-state index >= 15 is 0 Å². The second-order valence-electron chi connectivity index (χ2n) is 7.95. The molecule has 3 heterocycles. The maximum atomic E-state index is 12.5. The number of nitrogens with zero attached hydrogens (tertiary/aromatic N) is 2. The summed E-state index contributed by atoms with van der Waals surface area (Å²) in [5, 5.41) is 9.41. The molecule has 29 heavy (non-hydrogen) atoms. The number of fused-ring (bicyclic) bond motifs is 3. The van der Waals surface area contributed by atoms with Gasteiger partial charge in [0.2, 0.25) is 0 Å². The molecule has 1 aromatic heterocycles. The topological polar surface area (TPSA) is 71.8 Å². The van der Waals surface area contributed by atoms with E-state index in [9.17, 15) is 14.7 Å². The minimum atomic E-state index is -1.19. The Morgan fingerprint density at radius 1 is 1.24 bits per heavy atom. The molecule has 1 saturated heterocycles. The molecule has 1 aromatic carbocycles. The zero-order valence-corrected chi connectivity index (χ0v) is 17.8. The van der Waals surface area contributed by atoms with Gasteiger partial charge in [0.15, 0.2) is 5.43 Å². The number of benzene rings is 1. The summed E-state index contributed by atoms with van der Waals surface area (Å²) in [4.78, 5) is 26.3. The number of carbonyl (C=O) groups is 1. The maximum Gasteiger partial charge on any atom is 0.341 e. The third-order valence-corrected chi connectivity index (χ3v) is 6.84. The molecule has 1 atom stereocenters. The van der Waals surface area contributed by atoms with Crippen molar-refractivity contribution >= 4 is 23.4 Å². The number of aromatic carboxylic acids is 1. The molecule has 0 saturated carbocycles. The first-order chi connectivity index (χ1) is 13.9. The molecule has 1 unspecified atom stereocenters. The third kappa shape index (κ3) is 3.52. The molecule has 0 bridgehead atoms.